The molecular formula is C25H18ClFN4OS. The van der Waals surface area contributed by atoms with Gasteiger partial charge in [-0.3, -0.25) is 4.90 Å². The third kappa shape index (κ3) is 4.13. The van der Waals surface area contributed by atoms with Gasteiger partial charge in [0.2, 0.25) is 5.82 Å². The zero-order valence-corrected chi connectivity index (χ0v) is 19.1. The lowest BCUT2D eigenvalue weighted by Gasteiger charge is -2.37. The Bertz CT molecular complexity index is 1350. The Balaban J connectivity index is 1.65. The van der Waals surface area contributed by atoms with E-state index in [1.54, 1.807) is 24.3 Å². The molecule has 1 aromatic heterocycles. The van der Waals surface area contributed by atoms with Crippen LogP contribution < -0.4 is 10.2 Å². The van der Waals surface area contributed by atoms with Crippen LogP contribution in [0.2, 0.25) is 5.02 Å². The Hall–Kier alpha value is -3.55. The molecule has 0 fully saturated rings. The molecule has 1 N–H and O–H groups in total. The molecule has 0 amide bonds. The molecule has 0 saturated carbocycles. The number of allylic oxidation sites excluding steroid dienone is 1. The molecule has 5 nitrogen and oxygen atoms in total. The zero-order valence-electron chi connectivity index (χ0n) is 17.5. The fourth-order valence-electron chi connectivity index (χ4n) is 3.89. The number of thiocarbonyl (C=S) groups is 1. The lowest BCUT2D eigenvalue weighted by atomic mass is 9.94. The van der Waals surface area contributed by atoms with Crippen molar-refractivity contribution < 1.29 is 8.91 Å². The minimum absolute atomic E-state index is 0.314. The maximum absolute atomic E-state index is 13.6. The average Bonchev–Trinajstić information content (AvgIpc) is 3.30. The van der Waals surface area contributed by atoms with Gasteiger partial charge in [0.15, 0.2) is 5.11 Å². The number of nitrogens with one attached hydrogen (secondary N) is 1. The van der Waals surface area contributed by atoms with E-state index >= 15 is 0 Å². The fourth-order valence-corrected chi connectivity index (χ4v) is 4.44. The largest absolute Gasteiger partial charge is 0.351 e. The average molecular weight is 477 g/mol. The second kappa shape index (κ2) is 8.77. The molecule has 4 aromatic rings. The van der Waals surface area contributed by atoms with Crippen LogP contribution in [0.5, 0.6) is 0 Å². The van der Waals surface area contributed by atoms with Crippen molar-refractivity contribution in [1.29, 1.82) is 0 Å². The summed E-state index contributed by atoms with van der Waals surface area (Å²) in [6.07, 6.45) is 0. The summed E-state index contributed by atoms with van der Waals surface area (Å²) in [5.74, 6) is 0.448. The van der Waals surface area contributed by atoms with Gasteiger partial charge in [0, 0.05) is 22.0 Å². The number of para-hydroxylation sites is 1. The summed E-state index contributed by atoms with van der Waals surface area (Å²) in [6.45, 7) is 1.95. The highest BCUT2D eigenvalue weighted by Gasteiger charge is 2.34. The topological polar surface area (TPSA) is 54.2 Å². The molecule has 8 heteroatoms. The van der Waals surface area contributed by atoms with E-state index in [4.69, 9.17) is 28.3 Å². The van der Waals surface area contributed by atoms with Gasteiger partial charge in [0.25, 0.3) is 5.89 Å². The van der Waals surface area contributed by atoms with Crippen molar-refractivity contribution in [1.82, 2.24) is 15.5 Å². The van der Waals surface area contributed by atoms with E-state index < -0.39 is 6.04 Å². The van der Waals surface area contributed by atoms with Crippen molar-refractivity contribution in [2.45, 2.75) is 13.0 Å². The highest BCUT2D eigenvalue weighted by Crippen LogP contribution is 2.39. The van der Waals surface area contributed by atoms with E-state index in [2.05, 4.69) is 15.5 Å². The Morgan fingerprint density at radius 2 is 1.79 bits per heavy atom. The summed E-state index contributed by atoms with van der Waals surface area (Å²) >= 11 is 11.8. The predicted octanol–water partition coefficient (Wildman–Crippen LogP) is 6.40. The molecular weight excluding hydrogens is 459 g/mol. The summed E-state index contributed by atoms with van der Waals surface area (Å²) in [5.41, 5.74) is 4.05. The number of anilines is 1. The van der Waals surface area contributed by atoms with Crippen LogP contribution in [-0.2, 0) is 0 Å². The van der Waals surface area contributed by atoms with Gasteiger partial charge < -0.3 is 9.84 Å². The summed E-state index contributed by atoms with van der Waals surface area (Å²) < 4.78 is 19.3. The molecule has 2 heterocycles. The van der Waals surface area contributed by atoms with Crippen LogP contribution in [0.15, 0.2) is 89.1 Å². The number of rotatable bonds is 4. The number of aromatic nitrogens is 2. The first kappa shape index (κ1) is 21.3. The number of hydrogen-bond acceptors (Lipinski definition) is 4. The Labute approximate surface area is 200 Å². The van der Waals surface area contributed by atoms with Gasteiger partial charge in [-0.2, -0.15) is 4.98 Å². The van der Waals surface area contributed by atoms with Crippen LogP contribution in [0.1, 0.15) is 24.4 Å². The van der Waals surface area contributed by atoms with Gasteiger partial charge in [-0.1, -0.05) is 59.2 Å². The van der Waals surface area contributed by atoms with Gasteiger partial charge in [-0.05, 0) is 61.1 Å². The number of halogens is 2. The van der Waals surface area contributed by atoms with Gasteiger partial charge >= 0.3 is 0 Å². The smallest absolute Gasteiger partial charge is 0.258 e. The summed E-state index contributed by atoms with van der Waals surface area (Å²) in [7, 11) is 0. The number of nitrogens with zero attached hydrogens (tertiary/aromatic N) is 3. The van der Waals surface area contributed by atoms with E-state index in [0.717, 1.165) is 28.1 Å². The SMILES string of the molecule is CC1=C(c2nc(-c3cccc(Cl)c3)no2)C(c2ccc(F)cc2)NC(=S)N1c1ccccc1. The second-order valence-electron chi connectivity index (χ2n) is 7.54. The van der Waals surface area contributed by atoms with Gasteiger partial charge in [0.05, 0.1) is 11.6 Å². The first-order chi connectivity index (χ1) is 16.0. The van der Waals surface area contributed by atoms with Crippen molar-refractivity contribution in [3.63, 3.8) is 0 Å². The van der Waals surface area contributed by atoms with Crippen LogP contribution in [0.4, 0.5) is 10.1 Å². The van der Waals surface area contributed by atoms with E-state index in [-0.39, 0.29) is 5.82 Å². The first-order valence-electron chi connectivity index (χ1n) is 10.2. The lowest BCUT2D eigenvalue weighted by molar-refractivity contribution is 0.404. The predicted molar refractivity (Wildman–Crippen MR) is 131 cm³/mol. The molecule has 3 aromatic carbocycles. The minimum Gasteiger partial charge on any atom is -0.351 e. The number of benzene rings is 3. The molecule has 33 heavy (non-hydrogen) atoms. The molecule has 0 bridgehead atoms. The standard InChI is InChI=1S/C25H18ClFN4OS/c1-15-21(24-29-23(30-32-24)17-6-5-7-18(26)14-17)22(16-10-12-19(27)13-11-16)28-25(33)31(15)20-8-3-2-4-9-20/h2-14,22H,1H3,(H,28,33). The summed E-state index contributed by atoms with van der Waals surface area (Å²) in [5, 5.41) is 8.65. The second-order valence-corrected chi connectivity index (χ2v) is 8.36. The van der Waals surface area contributed by atoms with Crippen LogP contribution in [0, 0.1) is 5.82 Å². The Morgan fingerprint density at radius 1 is 1.03 bits per heavy atom. The van der Waals surface area contributed by atoms with Crippen molar-refractivity contribution in [3.8, 4) is 11.4 Å². The first-order valence-corrected chi connectivity index (χ1v) is 11.0. The molecule has 1 unspecified atom stereocenters. The van der Waals surface area contributed by atoms with Gasteiger partial charge in [-0.25, -0.2) is 4.39 Å². The monoisotopic (exact) mass is 476 g/mol. The molecule has 0 radical (unpaired) electrons. The molecule has 0 aliphatic carbocycles. The summed E-state index contributed by atoms with van der Waals surface area (Å²) in [4.78, 5) is 6.59. The third-order valence-electron chi connectivity index (χ3n) is 5.44. The van der Waals surface area contributed by atoms with Crippen molar-refractivity contribution in [2.75, 3.05) is 4.90 Å². The van der Waals surface area contributed by atoms with Crippen LogP contribution >= 0.6 is 23.8 Å². The summed E-state index contributed by atoms with van der Waals surface area (Å²) in [6, 6.07) is 22.9. The molecule has 164 valence electrons. The maximum atomic E-state index is 13.6. The van der Waals surface area contributed by atoms with E-state index in [1.165, 1.54) is 12.1 Å². The molecule has 0 spiro atoms. The van der Waals surface area contributed by atoms with Gasteiger partial charge in [0.1, 0.15) is 5.82 Å². The van der Waals surface area contributed by atoms with E-state index in [9.17, 15) is 4.39 Å². The zero-order chi connectivity index (χ0) is 22.9. The van der Waals surface area contributed by atoms with Crippen molar-refractivity contribution in [2.24, 2.45) is 0 Å². The lowest BCUT2D eigenvalue weighted by Crippen LogP contribution is -2.46. The van der Waals surface area contributed by atoms with Crippen molar-refractivity contribution in [3.05, 3.63) is 107 Å². The third-order valence-corrected chi connectivity index (χ3v) is 5.98. The maximum Gasteiger partial charge on any atom is 0.258 e. The van der Waals surface area contributed by atoms with Crippen LogP contribution in [0.25, 0.3) is 17.0 Å². The van der Waals surface area contributed by atoms with E-state index in [1.807, 2.05) is 54.3 Å². The number of hydrogen-bond donors (Lipinski definition) is 1. The molecule has 0 saturated heterocycles. The molecule has 1 aliphatic heterocycles. The van der Waals surface area contributed by atoms with Crippen LogP contribution in [-0.4, -0.2) is 15.3 Å². The Morgan fingerprint density at radius 3 is 2.52 bits per heavy atom. The quantitative estimate of drug-likeness (QED) is 0.344. The fraction of sp³-hybridized carbons (Fsp3) is 0.0800. The molecule has 5 rings (SSSR count). The normalized spacial score (nSPS) is 16.2. The van der Waals surface area contributed by atoms with E-state index in [0.29, 0.717) is 21.9 Å². The van der Waals surface area contributed by atoms with Crippen molar-refractivity contribution >= 4 is 40.2 Å². The highest BCUT2D eigenvalue weighted by atomic mass is 35.5. The Kier molecular flexibility index (Phi) is 5.66. The van der Waals surface area contributed by atoms with Gasteiger partial charge in [-0.15, -0.1) is 0 Å². The minimum atomic E-state index is -0.397. The van der Waals surface area contributed by atoms with Crippen LogP contribution in [0.3, 0.4) is 0 Å². The molecule has 1 atom stereocenters. The molecule has 1 aliphatic rings. The highest BCUT2D eigenvalue weighted by molar-refractivity contribution is 7.80.